The van der Waals surface area contributed by atoms with E-state index in [2.05, 4.69) is 68.5 Å². The Morgan fingerprint density at radius 1 is 1.12 bits per heavy atom. The van der Waals surface area contributed by atoms with E-state index in [-0.39, 0.29) is 6.10 Å². The van der Waals surface area contributed by atoms with Crippen LogP contribution in [0.2, 0.25) is 0 Å². The zero-order valence-corrected chi connectivity index (χ0v) is 17.1. The summed E-state index contributed by atoms with van der Waals surface area (Å²) in [5.74, 6) is 1.01. The smallest absolute Gasteiger partial charge is 0.133 e. The second-order valence-electron chi connectivity index (χ2n) is 6.45. The Hall–Kier alpha value is -1.72. The lowest BCUT2D eigenvalue weighted by molar-refractivity contribution is 0.167. The maximum Gasteiger partial charge on any atom is 0.133 e. The number of halogens is 1. The van der Waals surface area contributed by atoms with Gasteiger partial charge in [0.25, 0.3) is 0 Å². The van der Waals surface area contributed by atoms with Gasteiger partial charge in [0.15, 0.2) is 0 Å². The molecule has 3 nitrogen and oxygen atoms in total. The number of fused-ring (bicyclic) bond motifs is 1. The van der Waals surface area contributed by atoms with E-state index in [4.69, 9.17) is 4.74 Å². The Labute approximate surface area is 166 Å². The summed E-state index contributed by atoms with van der Waals surface area (Å²) in [5, 5.41) is 1.20. The number of hydrogen-bond donors (Lipinski definition) is 0. The average Bonchev–Trinajstić information content (AvgIpc) is 2.68. The van der Waals surface area contributed by atoms with E-state index in [9.17, 15) is 0 Å². The van der Waals surface area contributed by atoms with Gasteiger partial charge in [-0.15, -0.1) is 11.8 Å². The predicted octanol–water partition coefficient (Wildman–Crippen LogP) is 5.77. The first-order valence-electron chi connectivity index (χ1n) is 8.83. The molecule has 0 atom stereocenters. The molecule has 4 rings (SSSR count). The molecule has 1 saturated heterocycles. The number of ether oxygens (including phenoxy) is 1. The summed E-state index contributed by atoms with van der Waals surface area (Å²) >= 11 is 5.32. The molecule has 0 aliphatic carbocycles. The zero-order chi connectivity index (χ0) is 17.9. The van der Waals surface area contributed by atoms with Crippen molar-refractivity contribution in [1.82, 2.24) is 4.98 Å². The first kappa shape index (κ1) is 17.7. The maximum atomic E-state index is 6.30. The minimum atomic E-state index is 0.277. The van der Waals surface area contributed by atoms with E-state index in [1.807, 2.05) is 18.3 Å². The molecule has 5 heteroatoms. The van der Waals surface area contributed by atoms with Crippen LogP contribution >= 0.6 is 27.7 Å². The number of aromatic nitrogens is 1. The number of thioether (sulfide) groups is 1. The van der Waals surface area contributed by atoms with E-state index < -0.39 is 0 Å². The topological polar surface area (TPSA) is 25.4 Å². The lowest BCUT2D eigenvalue weighted by Gasteiger charge is -2.34. The van der Waals surface area contributed by atoms with Crippen molar-refractivity contribution in [1.29, 1.82) is 0 Å². The van der Waals surface area contributed by atoms with Gasteiger partial charge < -0.3 is 9.64 Å². The summed E-state index contributed by atoms with van der Waals surface area (Å²) in [6.07, 6.45) is 6.33. The Bertz CT molecular complexity index is 909. The van der Waals surface area contributed by atoms with Gasteiger partial charge in [-0.1, -0.05) is 28.1 Å². The number of nitrogens with zero attached hydrogens (tertiary/aromatic N) is 2. The molecule has 0 spiro atoms. The van der Waals surface area contributed by atoms with Gasteiger partial charge in [0.1, 0.15) is 11.9 Å². The number of benzene rings is 2. The van der Waals surface area contributed by atoms with Gasteiger partial charge in [-0.3, -0.25) is 4.98 Å². The second kappa shape index (κ2) is 7.89. The van der Waals surface area contributed by atoms with Crippen LogP contribution in [-0.4, -0.2) is 30.4 Å². The van der Waals surface area contributed by atoms with E-state index in [0.717, 1.165) is 41.7 Å². The molecular formula is C21H21BrN2OS. The lowest BCUT2D eigenvalue weighted by atomic mass is 10.1. The SMILES string of the molecule is CSc1ccccc1OC1CCN(c2ccnc3ccc(Br)cc23)CC1. The van der Waals surface area contributed by atoms with E-state index in [0.29, 0.717) is 0 Å². The third-order valence-electron chi connectivity index (χ3n) is 4.83. The highest BCUT2D eigenvalue weighted by Crippen LogP contribution is 2.32. The normalized spacial score (nSPS) is 15.4. The van der Waals surface area contributed by atoms with Crippen LogP contribution in [0, 0.1) is 0 Å². The molecule has 134 valence electrons. The highest BCUT2D eigenvalue weighted by atomic mass is 79.9. The van der Waals surface area contributed by atoms with Gasteiger partial charge in [-0.25, -0.2) is 0 Å². The molecule has 0 bridgehead atoms. The molecule has 0 amide bonds. The van der Waals surface area contributed by atoms with Crippen LogP contribution in [0.25, 0.3) is 10.9 Å². The number of rotatable bonds is 4. The monoisotopic (exact) mass is 428 g/mol. The molecule has 1 aromatic heterocycles. The number of para-hydroxylation sites is 1. The third kappa shape index (κ3) is 3.69. The van der Waals surface area contributed by atoms with Crippen molar-refractivity contribution in [2.24, 2.45) is 0 Å². The van der Waals surface area contributed by atoms with Crippen molar-refractivity contribution in [3.05, 3.63) is 59.2 Å². The molecule has 3 aromatic rings. The Morgan fingerprint density at radius 2 is 1.92 bits per heavy atom. The van der Waals surface area contributed by atoms with Crippen LogP contribution in [0.5, 0.6) is 5.75 Å². The lowest BCUT2D eigenvalue weighted by Crippen LogP contribution is -2.38. The van der Waals surface area contributed by atoms with Crippen molar-refractivity contribution < 1.29 is 4.74 Å². The summed E-state index contributed by atoms with van der Waals surface area (Å²) < 4.78 is 7.39. The van der Waals surface area contributed by atoms with Crippen molar-refractivity contribution in [2.75, 3.05) is 24.2 Å². The quantitative estimate of drug-likeness (QED) is 0.492. The summed E-state index contributed by atoms with van der Waals surface area (Å²) in [6.45, 7) is 2.00. The predicted molar refractivity (Wildman–Crippen MR) is 114 cm³/mol. The van der Waals surface area contributed by atoms with Gasteiger partial charge in [-0.2, -0.15) is 0 Å². The molecule has 1 aliphatic heterocycles. The number of hydrogen-bond acceptors (Lipinski definition) is 4. The molecule has 1 aliphatic rings. The molecule has 0 saturated carbocycles. The molecule has 0 radical (unpaired) electrons. The number of piperidine rings is 1. The standard InChI is InChI=1S/C21H21BrN2OS/c1-26-21-5-3-2-4-20(21)25-16-9-12-24(13-10-16)19-8-11-23-18-7-6-15(22)14-17(18)19/h2-8,11,14,16H,9-10,12-13H2,1H3. The summed E-state index contributed by atoms with van der Waals surface area (Å²) in [4.78, 5) is 8.16. The van der Waals surface area contributed by atoms with Crippen LogP contribution in [0.4, 0.5) is 5.69 Å². The van der Waals surface area contributed by atoms with Gasteiger partial charge >= 0.3 is 0 Å². The first-order valence-corrected chi connectivity index (χ1v) is 10.9. The van der Waals surface area contributed by atoms with Gasteiger partial charge in [0.2, 0.25) is 0 Å². The third-order valence-corrected chi connectivity index (χ3v) is 6.10. The van der Waals surface area contributed by atoms with Crippen LogP contribution in [0.3, 0.4) is 0 Å². The molecule has 26 heavy (non-hydrogen) atoms. The van der Waals surface area contributed by atoms with E-state index in [1.54, 1.807) is 11.8 Å². The van der Waals surface area contributed by atoms with Crippen molar-refractivity contribution >= 4 is 44.3 Å². The number of pyridine rings is 1. The van der Waals surface area contributed by atoms with Crippen LogP contribution in [-0.2, 0) is 0 Å². The second-order valence-corrected chi connectivity index (χ2v) is 8.21. The molecular weight excluding hydrogens is 408 g/mol. The summed E-state index contributed by atoms with van der Waals surface area (Å²) in [5.41, 5.74) is 2.30. The average molecular weight is 429 g/mol. The zero-order valence-electron chi connectivity index (χ0n) is 14.7. The number of anilines is 1. The van der Waals surface area contributed by atoms with E-state index in [1.165, 1.54) is 16.0 Å². The molecule has 2 heterocycles. The fourth-order valence-electron chi connectivity index (χ4n) is 3.49. The van der Waals surface area contributed by atoms with Crippen molar-refractivity contribution in [2.45, 2.75) is 23.8 Å². The highest BCUT2D eigenvalue weighted by molar-refractivity contribution is 9.10. The van der Waals surface area contributed by atoms with Crippen LogP contribution in [0.15, 0.2) is 64.1 Å². The maximum absolute atomic E-state index is 6.30. The summed E-state index contributed by atoms with van der Waals surface area (Å²) in [6, 6.07) is 16.7. The van der Waals surface area contributed by atoms with E-state index >= 15 is 0 Å². The van der Waals surface area contributed by atoms with Crippen molar-refractivity contribution in [3.63, 3.8) is 0 Å². The molecule has 2 aromatic carbocycles. The molecule has 1 fully saturated rings. The molecule has 0 N–H and O–H groups in total. The van der Waals surface area contributed by atoms with Gasteiger partial charge in [0, 0.05) is 52.6 Å². The summed E-state index contributed by atoms with van der Waals surface area (Å²) in [7, 11) is 0. The fourth-order valence-corrected chi connectivity index (χ4v) is 4.38. The molecule has 0 unspecified atom stereocenters. The minimum Gasteiger partial charge on any atom is -0.489 e. The van der Waals surface area contributed by atoms with Gasteiger partial charge in [-0.05, 0) is 42.7 Å². The highest BCUT2D eigenvalue weighted by Gasteiger charge is 2.22. The van der Waals surface area contributed by atoms with Crippen LogP contribution in [0.1, 0.15) is 12.8 Å². The van der Waals surface area contributed by atoms with Crippen LogP contribution < -0.4 is 9.64 Å². The Kier molecular flexibility index (Phi) is 5.36. The Balaban J connectivity index is 1.48. The first-order chi connectivity index (χ1) is 12.7. The van der Waals surface area contributed by atoms with Gasteiger partial charge in [0.05, 0.1) is 5.52 Å². The van der Waals surface area contributed by atoms with Crippen molar-refractivity contribution in [3.8, 4) is 5.75 Å². The largest absolute Gasteiger partial charge is 0.489 e. The Morgan fingerprint density at radius 3 is 2.73 bits per heavy atom. The fraction of sp³-hybridized carbons (Fsp3) is 0.286. The minimum absolute atomic E-state index is 0.277.